The molecule has 2 aliphatic rings. The van der Waals surface area contributed by atoms with E-state index in [1.165, 1.54) is 12.3 Å². The Morgan fingerprint density at radius 1 is 1.19 bits per heavy atom. The van der Waals surface area contributed by atoms with Crippen molar-refractivity contribution in [3.63, 3.8) is 0 Å². The minimum atomic E-state index is -0.410. The fraction of sp³-hybridized carbons (Fsp3) is 0.400. The second kappa shape index (κ2) is 9.29. The van der Waals surface area contributed by atoms with Crippen LogP contribution in [-0.4, -0.2) is 66.8 Å². The standard InChI is InChI=1S/C25H25FN8O2/c1-16-24(30-31-34(16)21-4-6-32(7-5-21)22-14-35-15-22)17-8-23(25-18(9-27)10-29-33(25)12-17)36-13-20-3-2-19(26)11-28-20/h2-3,8,10-12,21-22H,4-7,13-15H2,1H3. The summed E-state index contributed by atoms with van der Waals surface area (Å²) >= 11 is 0. The molecule has 0 unspecified atom stereocenters. The number of hydrogen-bond acceptors (Lipinski definition) is 8. The predicted molar refractivity (Wildman–Crippen MR) is 127 cm³/mol. The zero-order valence-electron chi connectivity index (χ0n) is 19.8. The molecule has 36 heavy (non-hydrogen) atoms. The highest BCUT2D eigenvalue weighted by molar-refractivity contribution is 5.74. The first-order chi connectivity index (χ1) is 17.6. The summed E-state index contributed by atoms with van der Waals surface area (Å²) in [6.45, 7) is 5.87. The molecule has 4 aromatic rings. The van der Waals surface area contributed by atoms with Crippen LogP contribution in [0, 0.1) is 24.1 Å². The number of ether oxygens (including phenoxy) is 2. The first-order valence-corrected chi connectivity index (χ1v) is 12.0. The molecule has 0 bridgehead atoms. The van der Waals surface area contributed by atoms with Crippen molar-refractivity contribution in [2.45, 2.75) is 38.5 Å². The summed E-state index contributed by atoms with van der Waals surface area (Å²) in [6.07, 6.45) is 6.52. The Morgan fingerprint density at radius 2 is 2.03 bits per heavy atom. The van der Waals surface area contributed by atoms with Crippen molar-refractivity contribution < 1.29 is 13.9 Å². The highest BCUT2D eigenvalue weighted by atomic mass is 19.1. The van der Waals surface area contributed by atoms with E-state index in [0.29, 0.717) is 34.6 Å². The van der Waals surface area contributed by atoms with Crippen molar-refractivity contribution in [2.75, 3.05) is 26.3 Å². The Hall–Kier alpha value is -3.88. The number of halogens is 1. The predicted octanol–water partition coefficient (Wildman–Crippen LogP) is 2.92. The van der Waals surface area contributed by atoms with Gasteiger partial charge in [0, 0.05) is 24.8 Å². The lowest BCUT2D eigenvalue weighted by Crippen LogP contribution is -2.52. The number of piperidine rings is 1. The molecule has 11 heteroatoms. The fourth-order valence-electron chi connectivity index (χ4n) is 4.93. The molecule has 0 aromatic carbocycles. The number of hydrogen-bond donors (Lipinski definition) is 0. The van der Waals surface area contributed by atoms with E-state index in [1.807, 2.05) is 23.9 Å². The lowest BCUT2D eigenvalue weighted by atomic mass is 10.0. The van der Waals surface area contributed by atoms with Crippen LogP contribution in [0.2, 0.25) is 0 Å². The van der Waals surface area contributed by atoms with Crippen molar-refractivity contribution in [1.82, 2.24) is 34.5 Å². The summed E-state index contributed by atoms with van der Waals surface area (Å²) in [5.74, 6) is 0.0598. The largest absolute Gasteiger partial charge is 0.485 e. The van der Waals surface area contributed by atoms with Gasteiger partial charge in [-0.1, -0.05) is 5.21 Å². The maximum atomic E-state index is 13.2. The first-order valence-electron chi connectivity index (χ1n) is 12.0. The number of fused-ring (bicyclic) bond motifs is 1. The molecule has 0 aliphatic carbocycles. The van der Waals surface area contributed by atoms with Crippen LogP contribution in [0.15, 0.2) is 36.8 Å². The van der Waals surface area contributed by atoms with Crippen LogP contribution in [-0.2, 0) is 11.3 Å². The quantitative estimate of drug-likeness (QED) is 0.408. The first kappa shape index (κ1) is 22.6. The average Bonchev–Trinajstić information content (AvgIpc) is 3.46. The van der Waals surface area contributed by atoms with E-state index in [2.05, 4.69) is 31.4 Å². The molecule has 0 atom stereocenters. The zero-order valence-corrected chi connectivity index (χ0v) is 19.8. The van der Waals surface area contributed by atoms with Gasteiger partial charge in [-0.3, -0.25) is 9.88 Å². The molecule has 0 spiro atoms. The van der Waals surface area contributed by atoms with Crippen molar-refractivity contribution >= 4 is 5.52 Å². The highest BCUT2D eigenvalue weighted by Gasteiger charge is 2.31. The van der Waals surface area contributed by atoms with Crippen LogP contribution < -0.4 is 4.74 Å². The molecule has 6 rings (SSSR count). The van der Waals surface area contributed by atoms with Gasteiger partial charge in [0.1, 0.15) is 41.0 Å². The lowest BCUT2D eigenvalue weighted by Gasteiger charge is -2.41. The summed E-state index contributed by atoms with van der Waals surface area (Å²) in [6, 6.07) is 7.76. The van der Waals surface area contributed by atoms with E-state index in [-0.39, 0.29) is 6.61 Å². The van der Waals surface area contributed by atoms with Gasteiger partial charge in [-0.25, -0.2) is 13.6 Å². The van der Waals surface area contributed by atoms with E-state index < -0.39 is 5.82 Å². The van der Waals surface area contributed by atoms with Gasteiger partial charge in [-0.15, -0.1) is 5.10 Å². The molecular weight excluding hydrogens is 463 g/mol. The minimum Gasteiger partial charge on any atom is -0.485 e. The highest BCUT2D eigenvalue weighted by Crippen LogP contribution is 2.33. The van der Waals surface area contributed by atoms with Gasteiger partial charge >= 0.3 is 0 Å². The monoisotopic (exact) mass is 488 g/mol. The Labute approximate surface area is 206 Å². The number of likely N-dealkylation sites (tertiary alicyclic amines) is 1. The van der Waals surface area contributed by atoms with E-state index in [1.54, 1.807) is 10.6 Å². The second-order valence-electron chi connectivity index (χ2n) is 9.24. The maximum absolute atomic E-state index is 13.2. The van der Waals surface area contributed by atoms with Crippen LogP contribution in [0.3, 0.4) is 0 Å². The van der Waals surface area contributed by atoms with Crippen molar-refractivity contribution in [1.29, 1.82) is 5.26 Å². The molecule has 0 radical (unpaired) electrons. The molecule has 2 aliphatic heterocycles. The van der Waals surface area contributed by atoms with Gasteiger partial charge in [0.05, 0.1) is 49.1 Å². The third-order valence-electron chi connectivity index (χ3n) is 7.04. The maximum Gasteiger partial charge on any atom is 0.147 e. The number of nitriles is 1. The normalized spacial score (nSPS) is 17.2. The Kier molecular flexibility index (Phi) is 5.83. The van der Waals surface area contributed by atoms with Crippen molar-refractivity contribution in [3.05, 3.63) is 59.6 Å². The SMILES string of the molecule is Cc1c(-c2cc(OCc3ccc(F)cn3)c3c(C#N)cnn3c2)nnn1C1CCN(C2COC2)CC1. The van der Waals surface area contributed by atoms with E-state index in [4.69, 9.17) is 9.47 Å². The smallest absolute Gasteiger partial charge is 0.147 e. The molecule has 10 nitrogen and oxygen atoms in total. The van der Waals surface area contributed by atoms with Gasteiger partial charge in [-0.05, 0) is 38.0 Å². The molecule has 0 saturated carbocycles. The summed E-state index contributed by atoms with van der Waals surface area (Å²) in [4.78, 5) is 6.56. The molecule has 2 fully saturated rings. The van der Waals surface area contributed by atoms with Gasteiger partial charge in [0.15, 0.2) is 0 Å². The Balaban J connectivity index is 1.28. The second-order valence-corrected chi connectivity index (χ2v) is 9.24. The molecule has 6 heterocycles. The van der Waals surface area contributed by atoms with Crippen LogP contribution in [0.1, 0.15) is 35.8 Å². The summed E-state index contributed by atoms with van der Waals surface area (Å²) in [5, 5.41) is 22.9. The Morgan fingerprint density at radius 3 is 2.72 bits per heavy atom. The van der Waals surface area contributed by atoms with Crippen LogP contribution in [0.25, 0.3) is 16.8 Å². The summed E-state index contributed by atoms with van der Waals surface area (Å²) < 4.78 is 28.3. The van der Waals surface area contributed by atoms with E-state index in [0.717, 1.165) is 62.3 Å². The topological polar surface area (TPSA) is 106 Å². The van der Waals surface area contributed by atoms with Crippen LogP contribution in [0.4, 0.5) is 4.39 Å². The van der Waals surface area contributed by atoms with E-state index in [9.17, 15) is 9.65 Å². The number of aromatic nitrogens is 6. The third kappa shape index (κ3) is 4.08. The van der Waals surface area contributed by atoms with Gasteiger partial charge in [0.2, 0.25) is 0 Å². The average molecular weight is 489 g/mol. The molecule has 0 amide bonds. The van der Waals surface area contributed by atoms with Crippen molar-refractivity contribution in [2.24, 2.45) is 0 Å². The fourth-order valence-corrected chi connectivity index (χ4v) is 4.93. The van der Waals surface area contributed by atoms with Crippen LogP contribution in [0.5, 0.6) is 5.75 Å². The van der Waals surface area contributed by atoms with Crippen molar-refractivity contribution in [3.8, 4) is 23.1 Å². The van der Waals surface area contributed by atoms with Gasteiger partial charge in [0.25, 0.3) is 0 Å². The molecule has 0 N–H and O–H groups in total. The molecule has 2 saturated heterocycles. The number of rotatable bonds is 6. The molecule has 184 valence electrons. The summed E-state index contributed by atoms with van der Waals surface area (Å²) in [7, 11) is 0. The van der Waals surface area contributed by atoms with E-state index >= 15 is 0 Å². The number of nitrogens with zero attached hydrogens (tertiary/aromatic N) is 8. The molecule has 4 aromatic heterocycles. The van der Waals surface area contributed by atoms with Gasteiger partial charge < -0.3 is 9.47 Å². The molecular formula is C25H25FN8O2. The minimum absolute atomic E-state index is 0.117. The lowest BCUT2D eigenvalue weighted by molar-refractivity contribution is -0.0735. The third-order valence-corrected chi connectivity index (χ3v) is 7.04. The van der Waals surface area contributed by atoms with Gasteiger partial charge in [-0.2, -0.15) is 10.4 Å². The van der Waals surface area contributed by atoms with Crippen LogP contribution >= 0.6 is 0 Å². The zero-order chi connectivity index (χ0) is 24.6. The number of pyridine rings is 2. The summed E-state index contributed by atoms with van der Waals surface area (Å²) in [5.41, 5.74) is 4.02. The Bertz CT molecular complexity index is 1430.